The maximum Gasteiger partial charge on any atom is 0.286 e. The van der Waals surface area contributed by atoms with Gasteiger partial charge >= 0.3 is 0 Å². The van der Waals surface area contributed by atoms with Gasteiger partial charge in [-0.05, 0) is 48.2 Å². The quantitative estimate of drug-likeness (QED) is 0.771. The highest BCUT2D eigenvalue weighted by Crippen LogP contribution is 2.31. The Balaban J connectivity index is 1.71. The summed E-state index contributed by atoms with van der Waals surface area (Å²) in [4.78, 5) is 19.4. The zero-order chi connectivity index (χ0) is 15.4. The SMILES string of the molecule is CCc1ccc(C=C2SC(N3CCCCCC3)=NC2=O)cc1. The summed E-state index contributed by atoms with van der Waals surface area (Å²) < 4.78 is 0. The standard InChI is InChI=1S/C18H22N2OS/c1-2-14-7-9-15(10-8-14)13-16-17(21)19-18(22-16)20-11-5-3-4-6-12-20/h7-10,13H,2-6,11-12H2,1H3. The second kappa shape index (κ2) is 7.14. The zero-order valence-corrected chi connectivity index (χ0v) is 13.9. The van der Waals surface area contributed by atoms with Gasteiger partial charge in [-0.1, -0.05) is 44.0 Å². The van der Waals surface area contributed by atoms with Crippen molar-refractivity contribution >= 4 is 28.9 Å². The van der Waals surface area contributed by atoms with Crippen LogP contribution in [0.4, 0.5) is 0 Å². The predicted molar refractivity (Wildman–Crippen MR) is 93.9 cm³/mol. The molecule has 1 fully saturated rings. The molecule has 2 aliphatic rings. The first-order chi connectivity index (χ1) is 10.8. The highest BCUT2D eigenvalue weighted by Gasteiger charge is 2.26. The number of thioether (sulfide) groups is 1. The molecule has 0 atom stereocenters. The van der Waals surface area contributed by atoms with Crippen LogP contribution < -0.4 is 0 Å². The van der Waals surface area contributed by atoms with Crippen LogP contribution in [-0.2, 0) is 11.2 Å². The van der Waals surface area contributed by atoms with E-state index in [0.717, 1.165) is 35.1 Å². The molecule has 0 bridgehead atoms. The lowest BCUT2D eigenvalue weighted by molar-refractivity contribution is -0.113. The largest absolute Gasteiger partial charge is 0.351 e. The lowest BCUT2D eigenvalue weighted by Crippen LogP contribution is -2.28. The van der Waals surface area contributed by atoms with Gasteiger partial charge in [-0.15, -0.1) is 0 Å². The normalized spacial score (nSPS) is 21.1. The van der Waals surface area contributed by atoms with E-state index in [2.05, 4.69) is 41.1 Å². The van der Waals surface area contributed by atoms with Gasteiger partial charge in [0, 0.05) is 13.1 Å². The third-order valence-corrected chi connectivity index (χ3v) is 5.22. The van der Waals surface area contributed by atoms with E-state index in [1.54, 1.807) is 0 Å². The molecule has 1 saturated heterocycles. The number of aliphatic imine (C=N–C) groups is 1. The number of likely N-dealkylation sites (tertiary alicyclic amines) is 1. The molecule has 0 spiro atoms. The third-order valence-electron chi connectivity index (χ3n) is 4.17. The molecule has 1 amide bonds. The Morgan fingerprint density at radius 1 is 1.14 bits per heavy atom. The summed E-state index contributed by atoms with van der Waals surface area (Å²) in [5.41, 5.74) is 2.38. The predicted octanol–water partition coefficient (Wildman–Crippen LogP) is 4.10. The number of aryl methyl sites for hydroxylation is 1. The van der Waals surface area contributed by atoms with Gasteiger partial charge in [0.1, 0.15) is 0 Å². The molecule has 4 heteroatoms. The second-order valence-electron chi connectivity index (χ2n) is 5.81. The number of carbonyl (C=O) groups excluding carboxylic acids is 1. The Morgan fingerprint density at radius 2 is 1.82 bits per heavy atom. The molecule has 0 unspecified atom stereocenters. The minimum absolute atomic E-state index is 0.0937. The summed E-state index contributed by atoms with van der Waals surface area (Å²) in [5, 5.41) is 0.892. The summed E-state index contributed by atoms with van der Waals surface area (Å²) in [6, 6.07) is 8.38. The van der Waals surface area contributed by atoms with Gasteiger partial charge in [-0.3, -0.25) is 4.79 Å². The third kappa shape index (κ3) is 3.61. The van der Waals surface area contributed by atoms with Gasteiger partial charge in [-0.25, -0.2) is 0 Å². The molecule has 2 heterocycles. The number of hydrogen-bond acceptors (Lipinski definition) is 3. The highest BCUT2D eigenvalue weighted by molar-refractivity contribution is 8.18. The molecule has 0 radical (unpaired) electrons. The van der Waals surface area contributed by atoms with Crippen molar-refractivity contribution in [2.75, 3.05) is 13.1 Å². The van der Waals surface area contributed by atoms with Gasteiger partial charge in [0.05, 0.1) is 4.91 Å². The summed E-state index contributed by atoms with van der Waals surface area (Å²) in [5.74, 6) is -0.0937. The van der Waals surface area contributed by atoms with E-state index in [0.29, 0.717) is 0 Å². The summed E-state index contributed by atoms with van der Waals surface area (Å²) in [7, 11) is 0. The minimum Gasteiger partial charge on any atom is -0.351 e. The van der Waals surface area contributed by atoms with E-state index in [1.807, 2.05) is 6.08 Å². The zero-order valence-electron chi connectivity index (χ0n) is 13.0. The van der Waals surface area contributed by atoms with E-state index in [9.17, 15) is 4.79 Å². The summed E-state index contributed by atoms with van der Waals surface area (Å²) in [6.45, 7) is 4.19. The number of carbonyl (C=O) groups is 1. The molecule has 0 aromatic heterocycles. The van der Waals surface area contributed by atoms with Crippen LogP contribution in [0.1, 0.15) is 43.7 Å². The molecule has 116 valence electrons. The Labute approximate surface area is 136 Å². The van der Waals surface area contributed by atoms with Crippen LogP contribution in [0.5, 0.6) is 0 Å². The van der Waals surface area contributed by atoms with E-state index < -0.39 is 0 Å². The Morgan fingerprint density at radius 3 is 2.45 bits per heavy atom. The van der Waals surface area contributed by atoms with Gasteiger partial charge in [0.15, 0.2) is 5.17 Å². The fraction of sp³-hybridized carbons (Fsp3) is 0.444. The molecule has 3 rings (SSSR count). The number of amidine groups is 1. The maximum atomic E-state index is 12.1. The van der Waals surface area contributed by atoms with E-state index in [1.165, 1.54) is 43.0 Å². The molecule has 1 aromatic carbocycles. The molecule has 0 N–H and O–H groups in total. The number of nitrogens with zero attached hydrogens (tertiary/aromatic N) is 2. The Kier molecular flexibility index (Phi) is 4.98. The van der Waals surface area contributed by atoms with E-state index in [-0.39, 0.29) is 5.91 Å². The summed E-state index contributed by atoms with van der Waals surface area (Å²) >= 11 is 1.53. The number of hydrogen-bond donors (Lipinski definition) is 0. The average Bonchev–Trinajstić information content (AvgIpc) is 2.76. The van der Waals surface area contributed by atoms with Crippen molar-refractivity contribution in [1.29, 1.82) is 0 Å². The van der Waals surface area contributed by atoms with Crippen LogP contribution in [0, 0.1) is 0 Å². The number of benzene rings is 1. The van der Waals surface area contributed by atoms with Gasteiger partial charge in [0.25, 0.3) is 5.91 Å². The molecule has 2 aliphatic heterocycles. The molecule has 0 saturated carbocycles. The molecular formula is C18H22N2OS. The van der Waals surface area contributed by atoms with Crippen LogP contribution in [0.2, 0.25) is 0 Å². The second-order valence-corrected chi connectivity index (χ2v) is 6.82. The van der Waals surface area contributed by atoms with Crippen LogP contribution in [0.25, 0.3) is 6.08 Å². The van der Waals surface area contributed by atoms with E-state index >= 15 is 0 Å². The Hall–Kier alpha value is -1.55. The molecule has 3 nitrogen and oxygen atoms in total. The van der Waals surface area contributed by atoms with E-state index in [4.69, 9.17) is 0 Å². The molecule has 22 heavy (non-hydrogen) atoms. The van der Waals surface area contributed by atoms with Gasteiger partial charge in [-0.2, -0.15) is 4.99 Å². The smallest absolute Gasteiger partial charge is 0.286 e. The fourth-order valence-corrected chi connectivity index (χ4v) is 3.76. The first-order valence-electron chi connectivity index (χ1n) is 8.13. The monoisotopic (exact) mass is 314 g/mol. The molecule has 0 aliphatic carbocycles. The molecule has 1 aromatic rings. The topological polar surface area (TPSA) is 32.7 Å². The van der Waals surface area contributed by atoms with Crippen LogP contribution in [0.3, 0.4) is 0 Å². The number of rotatable bonds is 2. The van der Waals surface area contributed by atoms with Gasteiger partial charge in [0.2, 0.25) is 0 Å². The van der Waals surface area contributed by atoms with Gasteiger partial charge < -0.3 is 4.90 Å². The minimum atomic E-state index is -0.0937. The maximum absolute atomic E-state index is 12.1. The summed E-state index contributed by atoms with van der Waals surface area (Å²) in [6.07, 6.45) is 7.97. The van der Waals surface area contributed by atoms with Crippen LogP contribution in [-0.4, -0.2) is 29.1 Å². The van der Waals surface area contributed by atoms with Crippen LogP contribution in [0.15, 0.2) is 34.2 Å². The first-order valence-corrected chi connectivity index (χ1v) is 8.94. The average molecular weight is 314 g/mol. The fourth-order valence-electron chi connectivity index (χ4n) is 2.80. The highest BCUT2D eigenvalue weighted by atomic mass is 32.2. The van der Waals surface area contributed by atoms with Crippen molar-refractivity contribution in [1.82, 2.24) is 4.90 Å². The van der Waals surface area contributed by atoms with Crippen molar-refractivity contribution in [3.8, 4) is 0 Å². The van der Waals surface area contributed by atoms with Crippen molar-refractivity contribution < 1.29 is 4.79 Å². The number of amides is 1. The Bertz CT molecular complexity index is 596. The van der Waals surface area contributed by atoms with Crippen molar-refractivity contribution in [3.63, 3.8) is 0 Å². The molecular weight excluding hydrogens is 292 g/mol. The lowest BCUT2D eigenvalue weighted by atomic mass is 10.1. The van der Waals surface area contributed by atoms with Crippen molar-refractivity contribution in [2.24, 2.45) is 4.99 Å². The van der Waals surface area contributed by atoms with Crippen LogP contribution >= 0.6 is 11.8 Å². The first kappa shape index (κ1) is 15.3. The van der Waals surface area contributed by atoms with Crippen molar-refractivity contribution in [2.45, 2.75) is 39.0 Å². The van der Waals surface area contributed by atoms with Crippen molar-refractivity contribution in [3.05, 3.63) is 40.3 Å². The lowest BCUT2D eigenvalue weighted by Gasteiger charge is -2.20.